The first-order chi connectivity index (χ1) is 24.3. The zero-order valence-electron chi connectivity index (χ0n) is 26.5. The summed E-state index contributed by atoms with van der Waals surface area (Å²) in [6.07, 6.45) is 0. The van der Waals surface area contributed by atoms with Gasteiger partial charge in [0.05, 0.1) is 0 Å². The van der Waals surface area contributed by atoms with Gasteiger partial charge in [0, 0.05) is 49.6 Å². The Morgan fingerprint density at radius 1 is 0.306 bits per heavy atom. The van der Waals surface area contributed by atoms with Gasteiger partial charge in [0.15, 0.2) is 0 Å². The predicted molar refractivity (Wildman–Crippen MR) is 204 cm³/mol. The molecule has 0 bridgehead atoms. The lowest BCUT2D eigenvalue weighted by Crippen LogP contribution is -2.09. The number of anilines is 3. The van der Waals surface area contributed by atoms with Crippen LogP contribution in [0.5, 0.6) is 0 Å². The van der Waals surface area contributed by atoms with Gasteiger partial charge < -0.3 is 13.7 Å². The Morgan fingerprint density at radius 2 is 0.898 bits per heavy atom. The zero-order valence-corrected chi connectivity index (χ0v) is 26.5. The molecular formula is C46H29NO2. The number of para-hydroxylation sites is 3. The van der Waals surface area contributed by atoms with Crippen LogP contribution in [0.4, 0.5) is 17.1 Å². The average molecular weight is 628 g/mol. The number of rotatable bonds is 5. The molecule has 10 aromatic rings. The fourth-order valence-corrected chi connectivity index (χ4v) is 7.37. The molecule has 3 nitrogen and oxygen atoms in total. The molecule has 0 fully saturated rings. The standard InChI is InChI=1S/C46H29NO2/c1-3-12-30(13-4-1)35-19-11-20-39-42-29-40(36-16-7-8-18-38(36)46(42)49-45(35)39)31-22-24-33(25-23-31)47(32-14-5-2-6-15-32)34-26-27-44-41(28-34)37-17-9-10-21-43(37)48-44/h1-29H. The molecule has 230 valence electrons. The molecule has 3 heteroatoms. The Labute approximate surface area is 282 Å². The lowest BCUT2D eigenvalue weighted by Gasteiger charge is -2.25. The maximum absolute atomic E-state index is 6.73. The number of nitrogens with zero attached hydrogens (tertiary/aromatic N) is 1. The second-order valence-corrected chi connectivity index (χ2v) is 12.5. The van der Waals surface area contributed by atoms with E-state index < -0.39 is 0 Å². The van der Waals surface area contributed by atoms with Crippen LogP contribution in [-0.2, 0) is 0 Å². The normalized spacial score (nSPS) is 11.7. The van der Waals surface area contributed by atoms with Gasteiger partial charge in [-0.1, -0.05) is 121 Å². The number of benzene rings is 8. The molecule has 0 unspecified atom stereocenters. The van der Waals surface area contributed by atoms with Gasteiger partial charge in [-0.2, -0.15) is 0 Å². The van der Waals surface area contributed by atoms with E-state index in [2.05, 4.69) is 163 Å². The summed E-state index contributed by atoms with van der Waals surface area (Å²) in [4.78, 5) is 2.31. The van der Waals surface area contributed by atoms with Crippen molar-refractivity contribution in [2.24, 2.45) is 0 Å². The molecule has 49 heavy (non-hydrogen) atoms. The molecule has 0 saturated heterocycles. The molecule has 8 aromatic carbocycles. The number of fused-ring (bicyclic) bond motifs is 8. The van der Waals surface area contributed by atoms with Crippen molar-refractivity contribution in [2.45, 2.75) is 0 Å². The Balaban J connectivity index is 1.13. The van der Waals surface area contributed by atoms with Crippen LogP contribution in [0, 0.1) is 0 Å². The molecular weight excluding hydrogens is 599 g/mol. The van der Waals surface area contributed by atoms with Crippen molar-refractivity contribution in [1.29, 1.82) is 0 Å². The minimum absolute atomic E-state index is 0.887. The van der Waals surface area contributed by atoms with Crippen molar-refractivity contribution < 1.29 is 8.83 Å². The first-order valence-electron chi connectivity index (χ1n) is 16.6. The molecule has 0 aliphatic rings. The topological polar surface area (TPSA) is 29.5 Å². The molecule has 0 radical (unpaired) electrons. The summed E-state index contributed by atoms with van der Waals surface area (Å²) in [6.45, 7) is 0. The maximum Gasteiger partial charge on any atom is 0.143 e. The van der Waals surface area contributed by atoms with Crippen LogP contribution < -0.4 is 4.90 Å². The van der Waals surface area contributed by atoms with Gasteiger partial charge in [0.2, 0.25) is 0 Å². The third-order valence-corrected chi connectivity index (χ3v) is 9.66. The van der Waals surface area contributed by atoms with Gasteiger partial charge in [-0.3, -0.25) is 0 Å². The minimum Gasteiger partial charge on any atom is -0.456 e. The molecule has 2 heterocycles. The summed E-state index contributed by atoms with van der Waals surface area (Å²) in [7, 11) is 0. The van der Waals surface area contributed by atoms with E-state index in [1.54, 1.807) is 0 Å². The summed E-state index contributed by atoms with van der Waals surface area (Å²) in [5.41, 5.74) is 11.5. The monoisotopic (exact) mass is 627 g/mol. The van der Waals surface area contributed by atoms with E-state index in [9.17, 15) is 0 Å². The maximum atomic E-state index is 6.73. The third kappa shape index (κ3) is 4.44. The van der Waals surface area contributed by atoms with Crippen LogP contribution in [0.2, 0.25) is 0 Å². The molecule has 0 spiro atoms. The molecule has 0 atom stereocenters. The van der Waals surface area contributed by atoms with Crippen LogP contribution in [0.15, 0.2) is 185 Å². The molecule has 0 amide bonds. The summed E-state index contributed by atoms with van der Waals surface area (Å²) in [5.74, 6) is 0. The Bertz CT molecular complexity index is 2810. The quantitative estimate of drug-likeness (QED) is 0.190. The van der Waals surface area contributed by atoms with Crippen molar-refractivity contribution in [1.82, 2.24) is 0 Å². The van der Waals surface area contributed by atoms with Crippen molar-refractivity contribution in [3.63, 3.8) is 0 Å². The molecule has 0 saturated carbocycles. The lowest BCUT2D eigenvalue weighted by atomic mass is 9.94. The van der Waals surface area contributed by atoms with Crippen molar-refractivity contribution >= 4 is 71.7 Å². The van der Waals surface area contributed by atoms with Gasteiger partial charge in [-0.25, -0.2) is 0 Å². The van der Waals surface area contributed by atoms with Crippen LogP contribution in [-0.4, -0.2) is 0 Å². The molecule has 0 N–H and O–H groups in total. The minimum atomic E-state index is 0.887. The third-order valence-electron chi connectivity index (χ3n) is 9.66. The zero-order chi connectivity index (χ0) is 32.3. The fourth-order valence-electron chi connectivity index (χ4n) is 7.37. The van der Waals surface area contributed by atoms with Gasteiger partial charge in [0.1, 0.15) is 22.3 Å². The smallest absolute Gasteiger partial charge is 0.143 e. The van der Waals surface area contributed by atoms with Crippen molar-refractivity contribution in [2.75, 3.05) is 4.90 Å². The van der Waals surface area contributed by atoms with Crippen molar-refractivity contribution in [3.05, 3.63) is 176 Å². The highest BCUT2D eigenvalue weighted by atomic mass is 16.3. The largest absolute Gasteiger partial charge is 0.456 e. The number of hydrogen-bond acceptors (Lipinski definition) is 3. The van der Waals surface area contributed by atoms with E-state index in [4.69, 9.17) is 8.83 Å². The molecule has 0 aliphatic heterocycles. The van der Waals surface area contributed by atoms with E-state index >= 15 is 0 Å². The van der Waals surface area contributed by atoms with Gasteiger partial charge in [0.25, 0.3) is 0 Å². The van der Waals surface area contributed by atoms with Crippen LogP contribution in [0.25, 0.3) is 76.9 Å². The summed E-state index contributed by atoms with van der Waals surface area (Å²) in [5, 5.41) is 6.75. The van der Waals surface area contributed by atoms with Crippen LogP contribution in [0.1, 0.15) is 0 Å². The van der Waals surface area contributed by atoms with Gasteiger partial charge in [-0.05, 0) is 76.7 Å². The van der Waals surface area contributed by atoms with E-state index in [0.717, 1.165) is 83.0 Å². The highest BCUT2D eigenvalue weighted by Gasteiger charge is 2.19. The molecule has 10 rings (SSSR count). The average Bonchev–Trinajstić information content (AvgIpc) is 3.74. The lowest BCUT2D eigenvalue weighted by molar-refractivity contribution is 0.669. The SMILES string of the molecule is c1ccc(-c2cccc3c2oc2c4ccccc4c(-c4ccc(N(c5ccccc5)c5ccc6oc7ccccc7c6c5)cc4)cc32)cc1. The van der Waals surface area contributed by atoms with E-state index in [-0.39, 0.29) is 0 Å². The van der Waals surface area contributed by atoms with Crippen molar-refractivity contribution in [3.8, 4) is 22.3 Å². The Hall–Kier alpha value is -6.58. The summed E-state index contributed by atoms with van der Waals surface area (Å²) in [6, 6.07) is 61.9. The highest BCUT2D eigenvalue weighted by molar-refractivity contribution is 6.20. The van der Waals surface area contributed by atoms with Crippen LogP contribution >= 0.6 is 0 Å². The number of furan rings is 2. The summed E-state index contributed by atoms with van der Waals surface area (Å²) < 4.78 is 12.9. The second kappa shape index (κ2) is 11.0. The highest BCUT2D eigenvalue weighted by Crippen LogP contribution is 2.44. The number of hydrogen-bond donors (Lipinski definition) is 0. The van der Waals surface area contributed by atoms with E-state index in [1.807, 2.05) is 18.2 Å². The first-order valence-corrected chi connectivity index (χ1v) is 16.6. The fraction of sp³-hybridized carbons (Fsp3) is 0. The second-order valence-electron chi connectivity index (χ2n) is 12.5. The van der Waals surface area contributed by atoms with Gasteiger partial charge >= 0.3 is 0 Å². The van der Waals surface area contributed by atoms with Gasteiger partial charge in [-0.15, -0.1) is 0 Å². The van der Waals surface area contributed by atoms with E-state index in [1.165, 1.54) is 10.9 Å². The molecule has 2 aromatic heterocycles. The Kier molecular flexibility index (Phi) is 6.18. The summed E-state index contributed by atoms with van der Waals surface area (Å²) >= 11 is 0. The van der Waals surface area contributed by atoms with E-state index in [0.29, 0.717) is 0 Å². The first kappa shape index (κ1) is 27.5. The molecule has 0 aliphatic carbocycles. The predicted octanol–water partition coefficient (Wildman–Crippen LogP) is 13.4. The van der Waals surface area contributed by atoms with Crippen LogP contribution in [0.3, 0.4) is 0 Å². The Morgan fingerprint density at radius 3 is 1.71 bits per heavy atom.